The average Bonchev–Trinajstić information content (AvgIpc) is 2.50. The van der Waals surface area contributed by atoms with Crippen molar-refractivity contribution in [1.82, 2.24) is 15.8 Å². The first-order chi connectivity index (χ1) is 10.9. The molecule has 23 heavy (non-hydrogen) atoms. The number of rotatable bonds is 4. The minimum absolute atomic E-state index is 0.0440. The molecule has 0 radical (unpaired) electrons. The Hall–Kier alpha value is -2.32. The van der Waals surface area contributed by atoms with Crippen LogP contribution in [0.15, 0.2) is 24.0 Å². The molecule has 2 heterocycles. The number of anilines is 1. The van der Waals surface area contributed by atoms with Crippen LogP contribution >= 0.6 is 23.2 Å². The Morgan fingerprint density at radius 2 is 2.13 bits per heavy atom. The van der Waals surface area contributed by atoms with Crippen molar-refractivity contribution in [1.29, 1.82) is 0 Å². The Labute approximate surface area is 141 Å². The molecule has 0 saturated carbocycles. The topological polar surface area (TPSA) is 109 Å². The summed E-state index contributed by atoms with van der Waals surface area (Å²) in [6.07, 6.45) is 1.63. The summed E-state index contributed by atoms with van der Waals surface area (Å²) in [5.74, 6) is -1.57. The summed E-state index contributed by atoms with van der Waals surface area (Å²) in [5, 5.41) is 2.91. The van der Waals surface area contributed by atoms with Gasteiger partial charge in [-0.1, -0.05) is 23.2 Å². The summed E-state index contributed by atoms with van der Waals surface area (Å²) in [5.41, 5.74) is 4.70. The molecule has 0 fully saturated rings. The summed E-state index contributed by atoms with van der Waals surface area (Å²) in [4.78, 5) is 38.7. The van der Waals surface area contributed by atoms with Gasteiger partial charge in [0.15, 0.2) is 11.9 Å². The van der Waals surface area contributed by atoms with Crippen LogP contribution in [0.1, 0.15) is 13.3 Å². The quantitative estimate of drug-likeness (QED) is 0.697. The third-order valence-corrected chi connectivity index (χ3v) is 3.25. The van der Waals surface area contributed by atoms with E-state index < -0.39 is 18.0 Å². The zero-order chi connectivity index (χ0) is 17.0. The lowest BCUT2D eigenvalue weighted by molar-refractivity contribution is -0.149. The second kappa shape index (κ2) is 7.30. The molecule has 2 amide bonds. The molecule has 0 aliphatic carbocycles. The van der Waals surface area contributed by atoms with Crippen molar-refractivity contribution in [3.63, 3.8) is 0 Å². The zero-order valence-corrected chi connectivity index (χ0v) is 13.4. The van der Waals surface area contributed by atoms with Gasteiger partial charge in [-0.3, -0.25) is 20.4 Å². The second-order valence-corrected chi connectivity index (χ2v) is 5.36. The van der Waals surface area contributed by atoms with Crippen molar-refractivity contribution < 1.29 is 19.1 Å². The molecule has 122 valence electrons. The van der Waals surface area contributed by atoms with Crippen LogP contribution in [0, 0.1) is 0 Å². The van der Waals surface area contributed by atoms with Crippen molar-refractivity contribution in [2.75, 3.05) is 5.32 Å². The molecule has 2 rings (SSSR count). The van der Waals surface area contributed by atoms with E-state index in [2.05, 4.69) is 21.2 Å². The fraction of sp³-hybridized carbons (Fsp3) is 0.231. The molecule has 0 bridgehead atoms. The van der Waals surface area contributed by atoms with Crippen LogP contribution in [-0.4, -0.2) is 28.9 Å². The normalized spacial score (nSPS) is 14.9. The maximum absolute atomic E-state index is 12.0. The standard InChI is InChI=1S/C13H12Cl2N4O4/c1-6(23-13(22)9-2-3-10(20)19-18-9)12(21)17-11-8(15)4-7(14)5-16-11/h2,4-6,18H,3H2,1H3,(H,19,20)(H,16,17,21)/t6-/m1/s1. The number of hydrogen-bond donors (Lipinski definition) is 3. The third-order valence-electron chi connectivity index (χ3n) is 2.75. The van der Waals surface area contributed by atoms with Crippen LogP contribution in [0.5, 0.6) is 0 Å². The van der Waals surface area contributed by atoms with Crippen LogP contribution in [0.25, 0.3) is 0 Å². The van der Waals surface area contributed by atoms with Crippen LogP contribution in [-0.2, 0) is 19.1 Å². The van der Waals surface area contributed by atoms with E-state index in [1.807, 2.05) is 0 Å². The Balaban J connectivity index is 1.94. The first-order valence-corrected chi connectivity index (χ1v) is 7.20. The molecule has 8 nitrogen and oxygen atoms in total. The Morgan fingerprint density at radius 1 is 1.39 bits per heavy atom. The molecular formula is C13H12Cl2N4O4. The number of pyridine rings is 1. The van der Waals surface area contributed by atoms with Gasteiger partial charge in [0.1, 0.15) is 5.70 Å². The number of amides is 2. The molecule has 0 saturated heterocycles. The number of hydrazine groups is 1. The summed E-state index contributed by atoms with van der Waals surface area (Å²) < 4.78 is 4.99. The largest absolute Gasteiger partial charge is 0.448 e. The van der Waals surface area contributed by atoms with Crippen LogP contribution < -0.4 is 16.2 Å². The molecule has 0 aromatic carbocycles. The van der Waals surface area contributed by atoms with Crippen LogP contribution in [0.3, 0.4) is 0 Å². The molecule has 1 aliphatic rings. The highest BCUT2D eigenvalue weighted by Crippen LogP contribution is 2.22. The number of carbonyl (C=O) groups is 3. The van der Waals surface area contributed by atoms with E-state index in [-0.39, 0.29) is 28.9 Å². The van der Waals surface area contributed by atoms with Crippen LogP contribution in [0.4, 0.5) is 5.82 Å². The minimum atomic E-state index is -1.10. The molecule has 1 aromatic heterocycles. The highest BCUT2D eigenvalue weighted by atomic mass is 35.5. The number of esters is 1. The molecule has 0 spiro atoms. The van der Waals surface area contributed by atoms with Gasteiger partial charge in [0.25, 0.3) is 5.91 Å². The average molecular weight is 359 g/mol. The number of hydrogen-bond acceptors (Lipinski definition) is 6. The number of halogens is 2. The summed E-state index contributed by atoms with van der Waals surface area (Å²) in [6.45, 7) is 1.39. The predicted octanol–water partition coefficient (Wildman–Crippen LogP) is 1.17. The number of ether oxygens (including phenoxy) is 1. The number of nitrogens with one attached hydrogen (secondary N) is 3. The van der Waals surface area contributed by atoms with Gasteiger partial charge in [-0.15, -0.1) is 0 Å². The molecule has 0 unspecified atom stereocenters. The van der Waals surface area contributed by atoms with E-state index >= 15 is 0 Å². The molecular weight excluding hydrogens is 347 g/mol. The third kappa shape index (κ3) is 4.57. The molecule has 3 N–H and O–H groups in total. The van der Waals surface area contributed by atoms with E-state index in [0.29, 0.717) is 5.02 Å². The Kier molecular flexibility index (Phi) is 5.41. The SMILES string of the molecule is C[C@@H](OC(=O)C1=CCC(=O)NN1)C(=O)Nc1ncc(Cl)cc1Cl. The fourth-order valence-electron chi connectivity index (χ4n) is 1.57. The molecule has 1 atom stereocenters. The van der Waals surface area contributed by atoms with Crippen molar-refractivity contribution in [2.45, 2.75) is 19.4 Å². The lowest BCUT2D eigenvalue weighted by Gasteiger charge is -2.18. The van der Waals surface area contributed by atoms with Gasteiger partial charge in [0, 0.05) is 12.6 Å². The van der Waals surface area contributed by atoms with Crippen molar-refractivity contribution >= 4 is 46.8 Å². The first-order valence-electron chi connectivity index (χ1n) is 6.44. The van der Waals surface area contributed by atoms with Crippen molar-refractivity contribution in [3.8, 4) is 0 Å². The van der Waals surface area contributed by atoms with Gasteiger partial charge in [0.05, 0.1) is 10.0 Å². The molecule has 1 aromatic rings. The minimum Gasteiger partial charge on any atom is -0.448 e. The number of carbonyl (C=O) groups excluding carboxylic acids is 3. The van der Waals surface area contributed by atoms with Gasteiger partial charge < -0.3 is 10.1 Å². The summed E-state index contributed by atoms with van der Waals surface area (Å²) >= 11 is 11.6. The van der Waals surface area contributed by atoms with Crippen molar-refractivity contribution in [3.05, 3.63) is 34.1 Å². The Morgan fingerprint density at radius 3 is 2.74 bits per heavy atom. The smallest absolute Gasteiger partial charge is 0.356 e. The van der Waals surface area contributed by atoms with Gasteiger partial charge >= 0.3 is 5.97 Å². The number of nitrogens with zero attached hydrogens (tertiary/aromatic N) is 1. The Bertz CT molecular complexity index is 693. The lowest BCUT2D eigenvalue weighted by atomic mass is 10.3. The highest BCUT2D eigenvalue weighted by Gasteiger charge is 2.23. The van der Waals surface area contributed by atoms with Gasteiger partial charge in [-0.2, -0.15) is 0 Å². The van der Waals surface area contributed by atoms with E-state index in [1.54, 1.807) is 0 Å². The zero-order valence-electron chi connectivity index (χ0n) is 11.9. The maximum Gasteiger partial charge on any atom is 0.356 e. The fourth-order valence-corrected chi connectivity index (χ4v) is 2.00. The van der Waals surface area contributed by atoms with Gasteiger partial charge in [0.2, 0.25) is 5.91 Å². The van der Waals surface area contributed by atoms with E-state index in [0.717, 1.165) is 0 Å². The number of aromatic nitrogens is 1. The first kappa shape index (κ1) is 17.0. The van der Waals surface area contributed by atoms with Crippen LogP contribution in [0.2, 0.25) is 10.0 Å². The second-order valence-electron chi connectivity index (χ2n) is 4.52. The van der Waals surface area contributed by atoms with E-state index in [4.69, 9.17) is 27.9 Å². The molecule has 10 heteroatoms. The summed E-state index contributed by atoms with van der Waals surface area (Å²) in [7, 11) is 0. The van der Waals surface area contributed by atoms with E-state index in [9.17, 15) is 14.4 Å². The van der Waals surface area contributed by atoms with Gasteiger partial charge in [-0.25, -0.2) is 9.78 Å². The highest BCUT2D eigenvalue weighted by molar-refractivity contribution is 6.36. The van der Waals surface area contributed by atoms with Gasteiger partial charge in [-0.05, 0) is 19.1 Å². The van der Waals surface area contributed by atoms with E-state index in [1.165, 1.54) is 25.3 Å². The van der Waals surface area contributed by atoms with Crippen molar-refractivity contribution in [2.24, 2.45) is 0 Å². The monoisotopic (exact) mass is 358 g/mol. The maximum atomic E-state index is 12.0. The predicted molar refractivity (Wildman–Crippen MR) is 82.4 cm³/mol. The summed E-state index contributed by atoms with van der Waals surface area (Å²) in [6, 6.07) is 1.42. The molecule has 1 aliphatic heterocycles. The lowest BCUT2D eigenvalue weighted by Crippen LogP contribution is -2.43.